The third-order valence-corrected chi connectivity index (χ3v) is 1.36. The van der Waals surface area contributed by atoms with Crippen LogP contribution in [0.3, 0.4) is 0 Å². The molecule has 0 heterocycles. The normalized spacial score (nSPS) is 12.5. The lowest BCUT2D eigenvalue weighted by Gasteiger charge is -2.04. The lowest BCUT2D eigenvalue weighted by molar-refractivity contribution is -0.0420. The summed E-state index contributed by atoms with van der Waals surface area (Å²) in [5.41, 5.74) is 0. The van der Waals surface area contributed by atoms with Gasteiger partial charge < -0.3 is 9.47 Å². The predicted molar refractivity (Wildman–Crippen MR) is 45.1 cm³/mol. The molecular formula is C7H13NO2S. The van der Waals surface area contributed by atoms with Gasteiger partial charge in [0.15, 0.2) is 0 Å². The van der Waals surface area contributed by atoms with E-state index in [9.17, 15) is 0 Å². The lowest BCUT2D eigenvalue weighted by atomic mass is 10.2. The Kier molecular flexibility index (Phi) is 7.69. The highest BCUT2D eigenvalue weighted by Crippen LogP contribution is 1.95. The monoisotopic (exact) mass is 175 g/mol. The van der Waals surface area contributed by atoms with Crippen molar-refractivity contribution in [2.24, 2.45) is 5.92 Å². The Morgan fingerprint density at radius 2 is 2.27 bits per heavy atom. The van der Waals surface area contributed by atoms with Crippen molar-refractivity contribution in [2.75, 3.05) is 25.6 Å². The Bertz CT molecular complexity index is 124. The molecule has 64 valence electrons. The minimum atomic E-state index is -0.0483. The summed E-state index contributed by atoms with van der Waals surface area (Å²) >= 11 is 1.60. The first-order valence-corrected chi connectivity index (χ1v) is 4.74. The van der Waals surface area contributed by atoms with Gasteiger partial charge in [0.05, 0.1) is 24.5 Å². The molecular weight excluding hydrogens is 162 g/mol. The molecule has 0 rings (SSSR count). The van der Waals surface area contributed by atoms with Gasteiger partial charge in [0.25, 0.3) is 0 Å². The van der Waals surface area contributed by atoms with E-state index >= 15 is 0 Å². The molecule has 0 N–H and O–H groups in total. The quantitative estimate of drug-likeness (QED) is 0.452. The van der Waals surface area contributed by atoms with Crippen LogP contribution in [0.5, 0.6) is 0 Å². The van der Waals surface area contributed by atoms with Gasteiger partial charge in [0.2, 0.25) is 0 Å². The van der Waals surface area contributed by atoms with Gasteiger partial charge in [-0.3, -0.25) is 0 Å². The molecule has 0 saturated carbocycles. The molecule has 0 saturated heterocycles. The molecule has 11 heavy (non-hydrogen) atoms. The minimum Gasteiger partial charge on any atom is -0.354 e. The fourth-order valence-electron chi connectivity index (χ4n) is 0.438. The Morgan fingerprint density at radius 1 is 1.55 bits per heavy atom. The molecule has 1 atom stereocenters. The second-order valence-corrected chi connectivity index (χ2v) is 2.94. The van der Waals surface area contributed by atoms with Gasteiger partial charge in [-0.15, -0.1) is 11.8 Å². The van der Waals surface area contributed by atoms with E-state index in [1.807, 2.05) is 13.2 Å². The number of hydrogen-bond acceptors (Lipinski definition) is 4. The largest absolute Gasteiger partial charge is 0.354 e. The van der Waals surface area contributed by atoms with Crippen LogP contribution in [0.25, 0.3) is 0 Å². The molecule has 0 aliphatic rings. The average molecular weight is 175 g/mol. The molecule has 0 aromatic heterocycles. The van der Waals surface area contributed by atoms with Gasteiger partial charge in [-0.25, -0.2) is 0 Å². The Labute approximate surface area is 71.7 Å². The highest BCUT2D eigenvalue weighted by molar-refractivity contribution is 7.98. The van der Waals surface area contributed by atoms with E-state index in [0.29, 0.717) is 12.5 Å². The van der Waals surface area contributed by atoms with E-state index < -0.39 is 0 Å². The van der Waals surface area contributed by atoms with Crippen molar-refractivity contribution in [3.63, 3.8) is 0 Å². The molecule has 3 nitrogen and oxygen atoms in total. The van der Waals surface area contributed by atoms with Crippen molar-refractivity contribution in [1.82, 2.24) is 0 Å². The molecule has 0 fully saturated rings. The summed E-state index contributed by atoms with van der Waals surface area (Å²) in [6.07, 6.45) is 1.96. The second kappa shape index (κ2) is 7.86. The van der Waals surface area contributed by atoms with Crippen LogP contribution in [0.15, 0.2) is 0 Å². The molecule has 0 aromatic carbocycles. The zero-order valence-electron chi connectivity index (χ0n) is 6.87. The third kappa shape index (κ3) is 7.66. The van der Waals surface area contributed by atoms with E-state index in [0.717, 1.165) is 0 Å². The summed E-state index contributed by atoms with van der Waals surface area (Å²) in [4.78, 5) is 0. The van der Waals surface area contributed by atoms with Gasteiger partial charge in [-0.2, -0.15) is 5.26 Å². The number of ether oxygens (including phenoxy) is 2. The summed E-state index contributed by atoms with van der Waals surface area (Å²) in [5.74, 6) is 0.592. The topological polar surface area (TPSA) is 42.2 Å². The lowest BCUT2D eigenvalue weighted by Crippen LogP contribution is -2.06. The van der Waals surface area contributed by atoms with Crippen LogP contribution >= 0.6 is 11.8 Å². The SMILES string of the molecule is CSCOCOCC(C)C#N. The summed E-state index contributed by atoms with van der Waals surface area (Å²) in [6, 6.07) is 2.07. The number of nitrogens with zero attached hydrogens (tertiary/aromatic N) is 1. The van der Waals surface area contributed by atoms with Crippen molar-refractivity contribution < 1.29 is 9.47 Å². The predicted octanol–water partition coefficient (Wildman–Crippen LogP) is 1.46. The smallest absolute Gasteiger partial charge is 0.147 e. The molecule has 0 aliphatic carbocycles. The van der Waals surface area contributed by atoms with Gasteiger partial charge >= 0.3 is 0 Å². The van der Waals surface area contributed by atoms with Gasteiger partial charge in [0, 0.05) is 0 Å². The molecule has 0 radical (unpaired) electrons. The van der Waals surface area contributed by atoms with Crippen molar-refractivity contribution in [3.05, 3.63) is 0 Å². The fraction of sp³-hybridized carbons (Fsp3) is 0.857. The van der Waals surface area contributed by atoms with Gasteiger partial charge in [0.1, 0.15) is 6.79 Å². The Morgan fingerprint density at radius 3 is 2.82 bits per heavy atom. The summed E-state index contributed by atoms with van der Waals surface area (Å²) in [6.45, 7) is 2.55. The third-order valence-electron chi connectivity index (χ3n) is 0.956. The summed E-state index contributed by atoms with van der Waals surface area (Å²) in [5, 5.41) is 8.36. The first-order valence-electron chi connectivity index (χ1n) is 3.35. The fourth-order valence-corrected chi connectivity index (χ4v) is 0.673. The Balaban J connectivity index is 2.97. The van der Waals surface area contributed by atoms with Gasteiger partial charge in [-0.05, 0) is 13.2 Å². The maximum Gasteiger partial charge on any atom is 0.147 e. The molecule has 0 amide bonds. The molecule has 0 aliphatic heterocycles. The van der Waals surface area contributed by atoms with Crippen LogP contribution in [0, 0.1) is 17.2 Å². The van der Waals surface area contributed by atoms with E-state index in [2.05, 4.69) is 6.07 Å². The maximum atomic E-state index is 8.36. The highest BCUT2D eigenvalue weighted by atomic mass is 32.2. The number of rotatable bonds is 6. The van der Waals surface area contributed by atoms with Crippen molar-refractivity contribution in [1.29, 1.82) is 5.26 Å². The molecule has 4 heteroatoms. The number of thioether (sulfide) groups is 1. The first-order chi connectivity index (χ1) is 5.31. The average Bonchev–Trinajstić information content (AvgIpc) is 2.04. The number of nitriles is 1. The summed E-state index contributed by atoms with van der Waals surface area (Å²) < 4.78 is 10.0. The Hall–Kier alpha value is -0.240. The van der Waals surface area contributed by atoms with E-state index in [4.69, 9.17) is 14.7 Å². The number of hydrogen-bond donors (Lipinski definition) is 0. The molecule has 0 aromatic rings. The van der Waals surface area contributed by atoms with Crippen LogP contribution in [0.4, 0.5) is 0 Å². The van der Waals surface area contributed by atoms with Crippen molar-refractivity contribution >= 4 is 11.8 Å². The van der Waals surface area contributed by atoms with E-state index in [-0.39, 0.29) is 12.7 Å². The summed E-state index contributed by atoms with van der Waals surface area (Å²) in [7, 11) is 0. The highest BCUT2D eigenvalue weighted by Gasteiger charge is 1.97. The van der Waals surface area contributed by atoms with Crippen LogP contribution < -0.4 is 0 Å². The van der Waals surface area contributed by atoms with Crippen molar-refractivity contribution in [2.45, 2.75) is 6.92 Å². The molecule has 0 spiro atoms. The second-order valence-electron chi connectivity index (χ2n) is 2.13. The molecule has 0 bridgehead atoms. The van der Waals surface area contributed by atoms with E-state index in [1.54, 1.807) is 11.8 Å². The van der Waals surface area contributed by atoms with Gasteiger partial charge in [-0.1, -0.05) is 0 Å². The minimum absolute atomic E-state index is 0.0483. The zero-order valence-corrected chi connectivity index (χ0v) is 7.69. The zero-order chi connectivity index (χ0) is 8.53. The standard InChI is InChI=1S/C7H13NO2S/c1-7(3-8)4-9-5-10-6-11-2/h7H,4-6H2,1-2H3. The molecule has 1 unspecified atom stereocenters. The van der Waals surface area contributed by atoms with Crippen LogP contribution in [-0.2, 0) is 9.47 Å². The first kappa shape index (κ1) is 10.8. The van der Waals surface area contributed by atoms with Crippen LogP contribution in [0.1, 0.15) is 6.92 Å². The van der Waals surface area contributed by atoms with Crippen molar-refractivity contribution in [3.8, 4) is 6.07 Å². The van der Waals surface area contributed by atoms with Crippen LogP contribution in [0.2, 0.25) is 0 Å². The maximum absolute atomic E-state index is 8.36. The van der Waals surface area contributed by atoms with E-state index in [1.165, 1.54) is 0 Å². The van der Waals surface area contributed by atoms with Crippen LogP contribution in [-0.4, -0.2) is 25.6 Å².